The number of benzene rings is 1. The maximum absolute atomic E-state index is 14.1. The highest BCUT2D eigenvalue weighted by Gasteiger charge is 2.16. The van der Waals surface area contributed by atoms with Crippen molar-refractivity contribution >= 4 is 17.4 Å². The normalized spacial score (nSPS) is 16.2. The van der Waals surface area contributed by atoms with E-state index in [4.69, 9.17) is 0 Å². The molecule has 0 amide bonds. The molecule has 0 bridgehead atoms. The highest BCUT2D eigenvalue weighted by atomic mass is 32.2. The van der Waals surface area contributed by atoms with Crippen molar-refractivity contribution in [1.29, 1.82) is 0 Å². The topological polar surface area (TPSA) is 15.3 Å². The van der Waals surface area contributed by atoms with E-state index in [0.717, 1.165) is 43.2 Å². The van der Waals surface area contributed by atoms with Gasteiger partial charge in [-0.2, -0.15) is 0 Å². The number of aryl methyl sites for hydroxylation is 1. The molecule has 0 aliphatic carbocycles. The molecule has 19 heavy (non-hydrogen) atoms. The van der Waals surface area contributed by atoms with Crippen LogP contribution < -0.4 is 10.2 Å². The smallest absolute Gasteiger partial charge is 0.146 e. The summed E-state index contributed by atoms with van der Waals surface area (Å²) in [4.78, 5) is 3.36. The monoisotopic (exact) mass is 282 g/mol. The van der Waals surface area contributed by atoms with Crippen LogP contribution in [-0.4, -0.2) is 31.9 Å². The van der Waals surface area contributed by atoms with Crippen molar-refractivity contribution < 1.29 is 4.39 Å². The summed E-state index contributed by atoms with van der Waals surface area (Å²) in [7, 11) is 0. The Bertz CT molecular complexity index is 428. The number of hydrogen-bond donors (Lipinski definition) is 1. The zero-order chi connectivity index (χ0) is 13.8. The molecule has 2 rings (SSSR count). The average molecular weight is 282 g/mol. The van der Waals surface area contributed by atoms with Crippen molar-refractivity contribution in [2.75, 3.05) is 36.8 Å². The fourth-order valence-corrected chi connectivity index (χ4v) is 3.20. The van der Waals surface area contributed by atoms with Gasteiger partial charge in [0.05, 0.1) is 5.69 Å². The summed E-state index contributed by atoms with van der Waals surface area (Å²) < 4.78 is 14.1. The van der Waals surface area contributed by atoms with E-state index in [2.05, 4.69) is 24.1 Å². The molecule has 0 spiro atoms. The standard InChI is InChI=1S/C15H23FN2S/c1-11(2)10-19-15-9-14(13(16)8-12(15)3)18-6-4-17-5-7-18/h8-9,11,17H,4-7,10H2,1-3H3. The van der Waals surface area contributed by atoms with Gasteiger partial charge in [0.2, 0.25) is 0 Å². The van der Waals surface area contributed by atoms with Gasteiger partial charge in [0, 0.05) is 36.8 Å². The molecule has 1 aromatic carbocycles. The lowest BCUT2D eigenvalue weighted by Gasteiger charge is -2.30. The second-order valence-corrected chi connectivity index (χ2v) is 6.57. The summed E-state index contributed by atoms with van der Waals surface area (Å²) >= 11 is 1.83. The molecule has 1 fully saturated rings. The molecule has 1 saturated heterocycles. The molecule has 1 aliphatic heterocycles. The van der Waals surface area contributed by atoms with E-state index >= 15 is 0 Å². The molecular weight excluding hydrogens is 259 g/mol. The molecule has 2 nitrogen and oxygen atoms in total. The van der Waals surface area contributed by atoms with Crippen molar-refractivity contribution in [3.8, 4) is 0 Å². The molecule has 106 valence electrons. The minimum absolute atomic E-state index is 0.0895. The average Bonchev–Trinajstić information content (AvgIpc) is 2.38. The van der Waals surface area contributed by atoms with Gasteiger partial charge >= 0.3 is 0 Å². The van der Waals surface area contributed by atoms with Gasteiger partial charge in [0.1, 0.15) is 5.82 Å². The minimum atomic E-state index is -0.0895. The summed E-state index contributed by atoms with van der Waals surface area (Å²) in [6, 6.07) is 3.71. The first-order chi connectivity index (χ1) is 9.08. The Morgan fingerprint density at radius 3 is 2.63 bits per heavy atom. The van der Waals surface area contributed by atoms with Crippen LogP contribution in [0.2, 0.25) is 0 Å². The number of nitrogens with zero attached hydrogens (tertiary/aromatic N) is 1. The van der Waals surface area contributed by atoms with E-state index in [1.165, 1.54) is 4.90 Å². The predicted molar refractivity (Wildman–Crippen MR) is 81.8 cm³/mol. The predicted octanol–water partition coefficient (Wildman–Crippen LogP) is 3.29. The Kier molecular flexibility index (Phi) is 5.11. The Balaban J connectivity index is 2.20. The second-order valence-electron chi connectivity index (χ2n) is 5.51. The number of hydrogen-bond acceptors (Lipinski definition) is 3. The van der Waals surface area contributed by atoms with Gasteiger partial charge in [-0.3, -0.25) is 0 Å². The maximum Gasteiger partial charge on any atom is 0.146 e. The molecule has 1 aliphatic rings. The molecule has 0 saturated carbocycles. The zero-order valence-electron chi connectivity index (χ0n) is 12.0. The van der Waals surface area contributed by atoms with E-state index in [1.807, 2.05) is 24.8 Å². The van der Waals surface area contributed by atoms with Gasteiger partial charge in [0.15, 0.2) is 0 Å². The maximum atomic E-state index is 14.1. The second kappa shape index (κ2) is 6.62. The van der Waals surface area contributed by atoms with Crippen LogP contribution in [0, 0.1) is 18.7 Å². The number of piperazine rings is 1. The van der Waals surface area contributed by atoms with Crippen LogP contribution in [0.4, 0.5) is 10.1 Å². The Morgan fingerprint density at radius 1 is 1.32 bits per heavy atom. The first-order valence-electron chi connectivity index (χ1n) is 6.96. The molecule has 1 aromatic rings. The van der Waals surface area contributed by atoms with Gasteiger partial charge in [-0.05, 0) is 30.5 Å². The minimum Gasteiger partial charge on any atom is -0.367 e. The first kappa shape index (κ1) is 14.7. The molecule has 0 atom stereocenters. The van der Waals surface area contributed by atoms with Crippen LogP contribution in [0.1, 0.15) is 19.4 Å². The summed E-state index contributed by atoms with van der Waals surface area (Å²) in [6.07, 6.45) is 0. The van der Waals surface area contributed by atoms with E-state index in [1.54, 1.807) is 6.07 Å². The van der Waals surface area contributed by atoms with Gasteiger partial charge in [0.25, 0.3) is 0 Å². The van der Waals surface area contributed by atoms with E-state index in [0.29, 0.717) is 5.92 Å². The number of thioether (sulfide) groups is 1. The third kappa shape index (κ3) is 3.86. The highest BCUT2D eigenvalue weighted by molar-refractivity contribution is 7.99. The lowest BCUT2D eigenvalue weighted by atomic mass is 10.2. The number of anilines is 1. The molecule has 0 aromatic heterocycles. The summed E-state index contributed by atoms with van der Waals surface area (Å²) in [5.74, 6) is 1.64. The van der Waals surface area contributed by atoms with Crippen LogP contribution in [0.3, 0.4) is 0 Å². The molecule has 1 N–H and O–H groups in total. The van der Waals surface area contributed by atoms with E-state index in [9.17, 15) is 4.39 Å². The van der Waals surface area contributed by atoms with Crippen molar-refractivity contribution in [3.63, 3.8) is 0 Å². The van der Waals surface area contributed by atoms with Gasteiger partial charge < -0.3 is 10.2 Å². The molecule has 0 radical (unpaired) electrons. The van der Waals surface area contributed by atoms with Crippen LogP contribution in [0.15, 0.2) is 17.0 Å². The van der Waals surface area contributed by atoms with Crippen molar-refractivity contribution in [3.05, 3.63) is 23.5 Å². The van der Waals surface area contributed by atoms with E-state index in [-0.39, 0.29) is 5.82 Å². The first-order valence-corrected chi connectivity index (χ1v) is 7.95. The number of rotatable bonds is 4. The molecular formula is C15H23FN2S. The Morgan fingerprint density at radius 2 is 2.00 bits per heavy atom. The number of halogens is 1. The molecule has 0 unspecified atom stereocenters. The van der Waals surface area contributed by atoms with Crippen molar-refractivity contribution in [1.82, 2.24) is 5.32 Å². The van der Waals surface area contributed by atoms with Crippen LogP contribution in [-0.2, 0) is 0 Å². The third-order valence-corrected chi connectivity index (χ3v) is 4.86. The Hall–Kier alpha value is -0.740. The quantitative estimate of drug-likeness (QED) is 0.853. The lowest BCUT2D eigenvalue weighted by Crippen LogP contribution is -2.43. The lowest BCUT2D eigenvalue weighted by molar-refractivity contribution is 0.565. The van der Waals surface area contributed by atoms with Crippen LogP contribution >= 0.6 is 11.8 Å². The molecule has 1 heterocycles. The summed E-state index contributed by atoms with van der Waals surface area (Å²) in [5, 5.41) is 3.30. The fourth-order valence-electron chi connectivity index (χ4n) is 2.20. The van der Waals surface area contributed by atoms with Crippen molar-refractivity contribution in [2.24, 2.45) is 5.92 Å². The Labute approximate surface area is 119 Å². The molecule has 4 heteroatoms. The largest absolute Gasteiger partial charge is 0.367 e. The number of nitrogens with one attached hydrogen (secondary N) is 1. The zero-order valence-corrected chi connectivity index (χ0v) is 12.8. The van der Waals surface area contributed by atoms with Gasteiger partial charge in [-0.25, -0.2) is 4.39 Å². The van der Waals surface area contributed by atoms with E-state index < -0.39 is 0 Å². The van der Waals surface area contributed by atoms with Crippen LogP contribution in [0.25, 0.3) is 0 Å². The summed E-state index contributed by atoms with van der Waals surface area (Å²) in [5.41, 5.74) is 1.81. The fraction of sp³-hybridized carbons (Fsp3) is 0.600. The highest BCUT2D eigenvalue weighted by Crippen LogP contribution is 2.31. The van der Waals surface area contributed by atoms with Crippen molar-refractivity contribution in [2.45, 2.75) is 25.7 Å². The van der Waals surface area contributed by atoms with Crippen LogP contribution in [0.5, 0.6) is 0 Å². The summed E-state index contributed by atoms with van der Waals surface area (Å²) in [6.45, 7) is 10.0. The third-order valence-electron chi connectivity index (χ3n) is 3.27. The SMILES string of the molecule is Cc1cc(F)c(N2CCNCC2)cc1SCC(C)C. The van der Waals surface area contributed by atoms with Gasteiger partial charge in [-0.1, -0.05) is 13.8 Å². The van der Waals surface area contributed by atoms with Gasteiger partial charge in [-0.15, -0.1) is 11.8 Å².